The quantitative estimate of drug-likeness (QED) is 0.588. The molecule has 0 spiro atoms. The van der Waals surface area contributed by atoms with Gasteiger partial charge in [-0.25, -0.2) is 5.43 Å². The van der Waals surface area contributed by atoms with E-state index in [2.05, 4.69) is 17.5 Å². The Labute approximate surface area is 87.8 Å². The number of amides is 1. The number of unbranched alkanes of at least 4 members (excludes halogenated alkanes) is 1. The summed E-state index contributed by atoms with van der Waals surface area (Å²) in [6, 6.07) is 1.95. The number of hydrazone groups is 1. The molecule has 1 rings (SSSR count). The Balaban J connectivity index is 2.23. The molecule has 0 aliphatic carbocycles. The number of nitrogens with one attached hydrogen (secondary N) is 1. The summed E-state index contributed by atoms with van der Waals surface area (Å²) in [7, 11) is 0. The molecule has 0 fully saturated rings. The van der Waals surface area contributed by atoms with Crippen molar-refractivity contribution in [2.75, 3.05) is 0 Å². The van der Waals surface area contributed by atoms with Gasteiger partial charge in [-0.2, -0.15) is 16.4 Å². The lowest BCUT2D eigenvalue weighted by molar-refractivity contribution is -0.121. The van der Waals surface area contributed by atoms with Crippen LogP contribution in [0.5, 0.6) is 0 Å². The second-order valence-electron chi connectivity index (χ2n) is 2.95. The van der Waals surface area contributed by atoms with Crippen LogP contribution in [-0.4, -0.2) is 12.1 Å². The van der Waals surface area contributed by atoms with E-state index in [0.717, 1.165) is 18.4 Å². The first-order valence-corrected chi connectivity index (χ1v) is 5.61. The topological polar surface area (TPSA) is 41.5 Å². The predicted molar refractivity (Wildman–Crippen MR) is 59.6 cm³/mol. The highest BCUT2D eigenvalue weighted by molar-refractivity contribution is 7.08. The van der Waals surface area contributed by atoms with Crippen molar-refractivity contribution in [1.82, 2.24) is 5.43 Å². The van der Waals surface area contributed by atoms with Gasteiger partial charge < -0.3 is 0 Å². The van der Waals surface area contributed by atoms with Crippen molar-refractivity contribution in [1.29, 1.82) is 0 Å². The van der Waals surface area contributed by atoms with Crippen LogP contribution in [0.25, 0.3) is 0 Å². The van der Waals surface area contributed by atoms with Gasteiger partial charge in [0, 0.05) is 12.0 Å². The van der Waals surface area contributed by atoms with Crippen LogP contribution in [0, 0.1) is 0 Å². The molecule has 1 heterocycles. The molecule has 4 heteroatoms. The maximum absolute atomic E-state index is 11.1. The highest BCUT2D eigenvalue weighted by Gasteiger charge is 1.96. The second kappa shape index (κ2) is 6.32. The third-order valence-corrected chi connectivity index (χ3v) is 2.40. The molecule has 0 saturated heterocycles. The van der Waals surface area contributed by atoms with E-state index in [9.17, 15) is 4.79 Å². The molecule has 0 unspecified atom stereocenters. The van der Waals surface area contributed by atoms with Gasteiger partial charge in [-0.05, 0) is 23.2 Å². The fourth-order valence-corrected chi connectivity index (χ4v) is 1.53. The highest BCUT2D eigenvalue weighted by atomic mass is 32.1. The van der Waals surface area contributed by atoms with Crippen molar-refractivity contribution in [3.63, 3.8) is 0 Å². The van der Waals surface area contributed by atoms with E-state index in [1.54, 1.807) is 17.6 Å². The summed E-state index contributed by atoms with van der Waals surface area (Å²) >= 11 is 1.61. The third kappa shape index (κ3) is 4.18. The Morgan fingerprint density at radius 3 is 3.21 bits per heavy atom. The van der Waals surface area contributed by atoms with E-state index in [1.165, 1.54) is 0 Å². The fraction of sp³-hybridized carbons (Fsp3) is 0.400. The average Bonchev–Trinajstić information content (AvgIpc) is 2.67. The minimum Gasteiger partial charge on any atom is -0.273 e. The molecule has 0 bridgehead atoms. The first-order valence-electron chi connectivity index (χ1n) is 4.67. The summed E-state index contributed by atoms with van der Waals surface area (Å²) < 4.78 is 0. The minimum absolute atomic E-state index is 0.0154. The van der Waals surface area contributed by atoms with E-state index in [-0.39, 0.29) is 5.91 Å². The van der Waals surface area contributed by atoms with Gasteiger partial charge in [0.15, 0.2) is 0 Å². The molecule has 1 aromatic rings. The standard InChI is InChI=1S/C10H14N2OS/c1-2-3-4-10(13)12-11-7-9-5-6-14-8-9/h5-8H,2-4H2,1H3,(H,12,13). The van der Waals surface area contributed by atoms with Crippen LogP contribution in [-0.2, 0) is 4.79 Å². The largest absolute Gasteiger partial charge is 0.273 e. The number of nitrogens with zero attached hydrogens (tertiary/aromatic N) is 1. The molecular weight excluding hydrogens is 196 g/mol. The van der Waals surface area contributed by atoms with Gasteiger partial charge in [0.25, 0.3) is 0 Å². The first-order chi connectivity index (χ1) is 6.83. The number of hydrogen-bond acceptors (Lipinski definition) is 3. The molecule has 1 amide bonds. The number of carbonyl (C=O) groups is 1. The lowest BCUT2D eigenvalue weighted by Gasteiger charge is -1.96. The molecule has 3 nitrogen and oxygen atoms in total. The third-order valence-electron chi connectivity index (χ3n) is 1.70. The van der Waals surface area contributed by atoms with Gasteiger partial charge in [-0.1, -0.05) is 13.3 Å². The molecule has 0 aliphatic rings. The van der Waals surface area contributed by atoms with Crippen LogP contribution in [0.4, 0.5) is 0 Å². The van der Waals surface area contributed by atoms with Crippen LogP contribution in [0.15, 0.2) is 21.9 Å². The number of rotatable bonds is 5. The molecule has 1 aromatic heterocycles. The van der Waals surface area contributed by atoms with Crippen molar-refractivity contribution < 1.29 is 4.79 Å². The van der Waals surface area contributed by atoms with E-state index in [1.807, 2.05) is 16.8 Å². The van der Waals surface area contributed by atoms with Crippen LogP contribution >= 0.6 is 11.3 Å². The summed E-state index contributed by atoms with van der Waals surface area (Å²) in [5, 5.41) is 7.80. The predicted octanol–water partition coefficient (Wildman–Crippen LogP) is 2.39. The maximum Gasteiger partial charge on any atom is 0.240 e. The van der Waals surface area contributed by atoms with Gasteiger partial charge >= 0.3 is 0 Å². The van der Waals surface area contributed by atoms with Crippen molar-refractivity contribution in [2.45, 2.75) is 26.2 Å². The van der Waals surface area contributed by atoms with E-state index < -0.39 is 0 Å². The normalized spacial score (nSPS) is 10.6. The van der Waals surface area contributed by atoms with Crippen molar-refractivity contribution in [3.8, 4) is 0 Å². The maximum atomic E-state index is 11.1. The summed E-state index contributed by atoms with van der Waals surface area (Å²) in [5.41, 5.74) is 3.51. The lowest BCUT2D eigenvalue weighted by atomic mass is 10.2. The van der Waals surface area contributed by atoms with E-state index in [0.29, 0.717) is 6.42 Å². The van der Waals surface area contributed by atoms with E-state index >= 15 is 0 Å². The van der Waals surface area contributed by atoms with Gasteiger partial charge in [0.05, 0.1) is 6.21 Å². The summed E-state index contributed by atoms with van der Waals surface area (Å²) in [4.78, 5) is 11.1. The second-order valence-corrected chi connectivity index (χ2v) is 3.73. The smallest absolute Gasteiger partial charge is 0.240 e. The van der Waals surface area contributed by atoms with Crippen LogP contribution in [0.2, 0.25) is 0 Å². The molecule has 0 radical (unpaired) electrons. The molecule has 76 valence electrons. The molecule has 0 saturated carbocycles. The molecule has 1 N–H and O–H groups in total. The number of carbonyl (C=O) groups excluding carboxylic acids is 1. The average molecular weight is 210 g/mol. The van der Waals surface area contributed by atoms with Gasteiger partial charge in [-0.3, -0.25) is 4.79 Å². The van der Waals surface area contributed by atoms with Crippen molar-refractivity contribution >= 4 is 23.5 Å². The Morgan fingerprint density at radius 2 is 2.57 bits per heavy atom. The molecule has 14 heavy (non-hydrogen) atoms. The molecule has 0 aromatic carbocycles. The van der Waals surface area contributed by atoms with E-state index in [4.69, 9.17) is 0 Å². The summed E-state index contributed by atoms with van der Waals surface area (Å²) in [5.74, 6) is -0.0154. The Morgan fingerprint density at radius 1 is 1.71 bits per heavy atom. The Hall–Kier alpha value is -1.16. The van der Waals surface area contributed by atoms with Crippen molar-refractivity contribution in [3.05, 3.63) is 22.4 Å². The SMILES string of the molecule is CCCCC(=O)NN=Cc1ccsc1. The van der Waals surface area contributed by atoms with Crippen LogP contribution < -0.4 is 5.43 Å². The number of hydrogen-bond donors (Lipinski definition) is 1. The minimum atomic E-state index is -0.0154. The molecule has 0 aliphatic heterocycles. The number of thiophene rings is 1. The van der Waals surface area contributed by atoms with Gasteiger partial charge in [-0.15, -0.1) is 0 Å². The van der Waals surface area contributed by atoms with Crippen LogP contribution in [0.3, 0.4) is 0 Å². The Kier molecular flexibility index (Phi) is 4.93. The summed E-state index contributed by atoms with van der Waals surface area (Å²) in [6.45, 7) is 2.06. The zero-order chi connectivity index (χ0) is 10.2. The molecule has 0 atom stereocenters. The van der Waals surface area contributed by atoms with Crippen molar-refractivity contribution in [2.24, 2.45) is 5.10 Å². The first kappa shape index (κ1) is 10.9. The van der Waals surface area contributed by atoms with Gasteiger partial charge in [0.1, 0.15) is 0 Å². The lowest BCUT2D eigenvalue weighted by Crippen LogP contribution is -2.16. The fourth-order valence-electron chi connectivity index (χ4n) is 0.920. The van der Waals surface area contributed by atoms with Gasteiger partial charge in [0.2, 0.25) is 5.91 Å². The summed E-state index contributed by atoms with van der Waals surface area (Å²) in [6.07, 6.45) is 4.15. The zero-order valence-corrected chi connectivity index (χ0v) is 9.01. The zero-order valence-electron chi connectivity index (χ0n) is 8.19. The molecular formula is C10H14N2OS. The monoisotopic (exact) mass is 210 g/mol. The Bertz CT molecular complexity index is 293. The highest BCUT2D eigenvalue weighted by Crippen LogP contribution is 2.02. The van der Waals surface area contributed by atoms with Crippen LogP contribution in [0.1, 0.15) is 31.7 Å².